The standard InChI is InChI=1S/C26H22N4O3/c1-33-14-13-27-25(31)17-11-12-19-18(15-17)23(26(32)30-19)22(16-7-3-2-4-8-16)24-28-20-9-5-6-10-21(20)29-24/h2-12,15,30,32H,13-14H2,1H3,(H,27,31). The van der Waals surface area contributed by atoms with Gasteiger partial charge in [0, 0.05) is 35.7 Å². The molecular weight excluding hydrogens is 416 g/mol. The van der Waals surface area contributed by atoms with E-state index in [2.05, 4.69) is 10.3 Å². The van der Waals surface area contributed by atoms with E-state index in [1.165, 1.54) is 0 Å². The maximum Gasteiger partial charge on any atom is 0.251 e. The van der Waals surface area contributed by atoms with Gasteiger partial charge in [-0.3, -0.25) is 4.79 Å². The fourth-order valence-corrected chi connectivity index (χ4v) is 3.95. The minimum atomic E-state index is -0.211. The summed E-state index contributed by atoms with van der Waals surface area (Å²) in [6.07, 6.45) is 0. The Bertz CT molecular complexity index is 1470. The van der Waals surface area contributed by atoms with Crippen molar-refractivity contribution in [2.75, 3.05) is 20.3 Å². The van der Waals surface area contributed by atoms with E-state index < -0.39 is 0 Å². The second-order valence-electron chi connectivity index (χ2n) is 7.63. The molecule has 0 unspecified atom stereocenters. The van der Waals surface area contributed by atoms with Crippen LogP contribution in [0.2, 0.25) is 0 Å². The van der Waals surface area contributed by atoms with Gasteiger partial charge in [-0.25, -0.2) is 9.98 Å². The second kappa shape index (κ2) is 8.72. The van der Waals surface area contributed by atoms with Crippen LogP contribution in [-0.2, 0) is 4.74 Å². The van der Waals surface area contributed by atoms with Crippen LogP contribution >= 0.6 is 0 Å². The van der Waals surface area contributed by atoms with Gasteiger partial charge in [0.2, 0.25) is 0 Å². The van der Waals surface area contributed by atoms with Gasteiger partial charge < -0.3 is 20.1 Å². The molecule has 0 aliphatic carbocycles. The number of methoxy groups -OCH3 is 1. The number of aromatic amines is 1. The number of amides is 1. The maximum atomic E-state index is 12.6. The number of hydrogen-bond donors (Lipinski definition) is 3. The van der Waals surface area contributed by atoms with Gasteiger partial charge in [0.1, 0.15) is 0 Å². The lowest BCUT2D eigenvalue weighted by atomic mass is 9.96. The van der Waals surface area contributed by atoms with Gasteiger partial charge in [0.05, 0.1) is 22.9 Å². The molecule has 1 aliphatic heterocycles. The third-order valence-electron chi connectivity index (χ3n) is 5.50. The molecule has 0 bridgehead atoms. The van der Waals surface area contributed by atoms with Crippen molar-refractivity contribution in [3.8, 4) is 5.88 Å². The van der Waals surface area contributed by atoms with Crippen LogP contribution in [0.15, 0.2) is 88.6 Å². The molecule has 0 radical (unpaired) electrons. The summed E-state index contributed by atoms with van der Waals surface area (Å²) >= 11 is 0. The van der Waals surface area contributed by atoms with E-state index in [1.807, 2.05) is 54.6 Å². The van der Waals surface area contributed by atoms with Gasteiger partial charge in [-0.15, -0.1) is 0 Å². The summed E-state index contributed by atoms with van der Waals surface area (Å²) in [5.74, 6) is 0.292. The van der Waals surface area contributed by atoms with Crippen LogP contribution < -0.4 is 16.0 Å². The van der Waals surface area contributed by atoms with Crippen LogP contribution in [0.4, 0.5) is 0 Å². The molecule has 3 N–H and O–H groups in total. The molecule has 0 fully saturated rings. The maximum absolute atomic E-state index is 12.6. The first-order valence-corrected chi connectivity index (χ1v) is 10.6. The molecule has 4 aromatic rings. The van der Waals surface area contributed by atoms with Gasteiger partial charge in [0.25, 0.3) is 5.91 Å². The Morgan fingerprint density at radius 3 is 2.36 bits per heavy atom. The number of carbonyl (C=O) groups excluding carboxylic acids is 1. The van der Waals surface area contributed by atoms with Crippen molar-refractivity contribution < 1.29 is 14.6 Å². The monoisotopic (exact) mass is 438 g/mol. The minimum absolute atomic E-state index is 0.00495. The number of benzene rings is 3. The number of para-hydroxylation sites is 2. The van der Waals surface area contributed by atoms with Crippen LogP contribution in [0.25, 0.3) is 16.5 Å². The molecule has 3 aromatic carbocycles. The van der Waals surface area contributed by atoms with Gasteiger partial charge in [-0.2, -0.15) is 0 Å². The van der Waals surface area contributed by atoms with E-state index in [0.717, 1.165) is 16.3 Å². The number of nitrogens with zero attached hydrogens (tertiary/aromatic N) is 2. The van der Waals surface area contributed by atoms with E-state index in [0.29, 0.717) is 46.6 Å². The highest BCUT2D eigenvalue weighted by Gasteiger charge is 2.22. The van der Waals surface area contributed by atoms with Crippen molar-refractivity contribution in [2.24, 2.45) is 9.98 Å². The number of H-pyrrole nitrogens is 1. The van der Waals surface area contributed by atoms with Crippen molar-refractivity contribution >= 4 is 22.4 Å². The van der Waals surface area contributed by atoms with E-state index in [9.17, 15) is 9.90 Å². The summed E-state index contributed by atoms with van der Waals surface area (Å²) in [5.41, 5.74) is 3.30. The zero-order chi connectivity index (χ0) is 22.8. The lowest BCUT2D eigenvalue weighted by molar-refractivity contribution is 0.0937. The van der Waals surface area contributed by atoms with Crippen molar-refractivity contribution in [3.05, 3.63) is 106 Å². The zero-order valence-corrected chi connectivity index (χ0v) is 18.0. The van der Waals surface area contributed by atoms with Gasteiger partial charge in [-0.05, 0) is 35.9 Å². The number of aromatic nitrogens is 1. The SMILES string of the molecule is COCCNC(=O)c1ccc2[nH]c(O)c(C(=C3N=c4ccccc4=N3)c3ccccc3)c2c1. The highest BCUT2D eigenvalue weighted by Crippen LogP contribution is 2.39. The topological polar surface area (TPSA) is 99.1 Å². The lowest BCUT2D eigenvalue weighted by Gasteiger charge is -2.10. The highest BCUT2D eigenvalue weighted by molar-refractivity contribution is 6.04. The molecular formula is C26H22N4O3. The average molecular weight is 438 g/mol. The molecule has 7 heteroatoms. The average Bonchev–Trinajstić information content (AvgIpc) is 3.40. The summed E-state index contributed by atoms with van der Waals surface area (Å²) in [4.78, 5) is 25.1. The molecule has 164 valence electrons. The van der Waals surface area contributed by atoms with E-state index in [1.54, 1.807) is 25.3 Å². The Labute approximate surface area is 189 Å². The molecule has 1 aromatic heterocycles. The Hall–Kier alpha value is -4.23. The summed E-state index contributed by atoms with van der Waals surface area (Å²) < 4.78 is 5.01. The van der Waals surface area contributed by atoms with E-state index >= 15 is 0 Å². The predicted octanol–water partition coefficient (Wildman–Crippen LogP) is 2.92. The molecule has 1 amide bonds. The number of ether oxygens (including phenoxy) is 1. The first-order valence-electron chi connectivity index (χ1n) is 10.6. The van der Waals surface area contributed by atoms with Crippen molar-refractivity contribution in [1.29, 1.82) is 0 Å². The lowest BCUT2D eigenvalue weighted by Crippen LogP contribution is -2.26. The molecule has 5 rings (SSSR count). The fourth-order valence-electron chi connectivity index (χ4n) is 3.95. The van der Waals surface area contributed by atoms with E-state index in [4.69, 9.17) is 14.7 Å². The predicted molar refractivity (Wildman–Crippen MR) is 125 cm³/mol. The third kappa shape index (κ3) is 3.90. The molecule has 0 spiro atoms. The number of hydrogen-bond acceptors (Lipinski definition) is 5. The Morgan fingerprint density at radius 2 is 1.67 bits per heavy atom. The molecule has 0 saturated carbocycles. The van der Waals surface area contributed by atoms with Crippen LogP contribution in [-0.4, -0.2) is 36.3 Å². The summed E-state index contributed by atoms with van der Waals surface area (Å²) in [6.45, 7) is 0.839. The molecule has 0 saturated heterocycles. The van der Waals surface area contributed by atoms with Gasteiger partial charge in [0.15, 0.2) is 11.7 Å². The number of rotatable bonds is 6. The van der Waals surface area contributed by atoms with Crippen LogP contribution in [0, 0.1) is 0 Å². The Kier molecular flexibility index (Phi) is 5.46. The Morgan fingerprint density at radius 1 is 0.970 bits per heavy atom. The van der Waals surface area contributed by atoms with Crippen molar-refractivity contribution in [1.82, 2.24) is 10.3 Å². The van der Waals surface area contributed by atoms with Crippen LogP contribution in [0.3, 0.4) is 0 Å². The summed E-state index contributed by atoms with van der Waals surface area (Å²) in [7, 11) is 1.59. The fraction of sp³-hybridized carbons (Fsp3) is 0.115. The van der Waals surface area contributed by atoms with Gasteiger partial charge in [-0.1, -0.05) is 42.5 Å². The molecule has 33 heavy (non-hydrogen) atoms. The zero-order valence-electron chi connectivity index (χ0n) is 18.0. The largest absolute Gasteiger partial charge is 0.494 e. The first-order chi connectivity index (χ1) is 16.2. The van der Waals surface area contributed by atoms with Crippen molar-refractivity contribution in [2.45, 2.75) is 0 Å². The highest BCUT2D eigenvalue weighted by atomic mass is 16.5. The second-order valence-corrected chi connectivity index (χ2v) is 7.63. The number of aromatic hydroxyl groups is 1. The van der Waals surface area contributed by atoms with Crippen molar-refractivity contribution in [3.63, 3.8) is 0 Å². The summed E-state index contributed by atoms with van der Waals surface area (Å²) in [6, 6.07) is 22.6. The summed E-state index contributed by atoms with van der Waals surface area (Å²) in [5, 5.41) is 16.0. The minimum Gasteiger partial charge on any atom is -0.494 e. The molecule has 0 atom stereocenters. The number of nitrogens with one attached hydrogen (secondary N) is 2. The van der Waals surface area contributed by atoms with E-state index in [-0.39, 0.29) is 11.8 Å². The quantitative estimate of drug-likeness (QED) is 0.404. The smallest absolute Gasteiger partial charge is 0.251 e. The van der Waals surface area contributed by atoms with Crippen LogP contribution in [0.1, 0.15) is 21.5 Å². The third-order valence-corrected chi connectivity index (χ3v) is 5.50. The number of carbonyl (C=O) groups is 1. The normalized spacial score (nSPS) is 12.2. The van der Waals surface area contributed by atoms with Crippen LogP contribution in [0.5, 0.6) is 5.88 Å². The molecule has 7 nitrogen and oxygen atoms in total. The first kappa shape index (κ1) is 20.7. The molecule has 2 heterocycles. The van der Waals surface area contributed by atoms with Gasteiger partial charge >= 0.3 is 0 Å². The number of fused-ring (bicyclic) bond motifs is 2. The molecule has 1 aliphatic rings. The Balaban J connectivity index is 1.71.